The zero-order valence-corrected chi connectivity index (χ0v) is 7.74. The fourth-order valence-corrected chi connectivity index (χ4v) is 1.19. The lowest BCUT2D eigenvalue weighted by atomic mass is 10.1. The van der Waals surface area contributed by atoms with Gasteiger partial charge in [-0.3, -0.25) is 0 Å². The van der Waals surface area contributed by atoms with Crippen LogP contribution in [0.5, 0.6) is 0 Å². The Labute approximate surface area is 77.2 Å². The first-order chi connectivity index (χ1) is 5.66. The second-order valence-corrected chi connectivity index (χ2v) is 3.16. The fraction of sp³-hybridized carbons (Fsp3) is 0.250. The lowest BCUT2D eigenvalue weighted by Gasteiger charge is -2.02. The van der Waals surface area contributed by atoms with E-state index in [4.69, 9.17) is 5.11 Å². The van der Waals surface area contributed by atoms with Crippen LogP contribution in [-0.2, 0) is 6.42 Å². The number of aliphatic hydroxyl groups excluding tert-OH is 1. The van der Waals surface area contributed by atoms with Crippen molar-refractivity contribution in [3.63, 3.8) is 0 Å². The fourth-order valence-electron chi connectivity index (χ4n) is 0.879. The molecular formula is C8H7BrF2O. The van der Waals surface area contributed by atoms with Gasteiger partial charge >= 0.3 is 0 Å². The standard InChI is InChI=1S/C8H7BrF2O/c9-6-2-1-5(3-4-12)7(10)8(6)11/h1-2,12H,3-4H2. The van der Waals surface area contributed by atoms with Crippen LogP contribution in [0, 0.1) is 11.6 Å². The summed E-state index contributed by atoms with van der Waals surface area (Å²) in [6.45, 7) is -0.183. The molecule has 0 atom stereocenters. The molecule has 66 valence electrons. The third kappa shape index (κ3) is 1.81. The molecule has 0 saturated heterocycles. The first-order valence-corrected chi connectivity index (χ1v) is 4.19. The van der Waals surface area contributed by atoms with Crippen LogP contribution >= 0.6 is 15.9 Å². The predicted octanol–water partition coefficient (Wildman–Crippen LogP) is 2.26. The Hall–Kier alpha value is -0.480. The average molecular weight is 237 g/mol. The summed E-state index contributed by atoms with van der Waals surface area (Å²) in [5, 5.41) is 8.50. The number of hydrogen-bond donors (Lipinski definition) is 1. The molecule has 0 fully saturated rings. The third-order valence-electron chi connectivity index (χ3n) is 1.50. The maximum atomic E-state index is 12.9. The van der Waals surface area contributed by atoms with Gasteiger partial charge in [-0.15, -0.1) is 0 Å². The Morgan fingerprint density at radius 3 is 2.50 bits per heavy atom. The summed E-state index contributed by atoms with van der Waals surface area (Å²) < 4.78 is 25.8. The van der Waals surface area contributed by atoms with E-state index in [1.165, 1.54) is 12.1 Å². The minimum atomic E-state index is -0.902. The summed E-state index contributed by atoms with van der Waals surface area (Å²) in [5.41, 5.74) is 0.193. The average Bonchev–Trinajstić information content (AvgIpc) is 2.07. The highest BCUT2D eigenvalue weighted by molar-refractivity contribution is 9.10. The molecule has 1 nitrogen and oxygen atoms in total. The van der Waals surface area contributed by atoms with Gasteiger partial charge in [0.1, 0.15) is 0 Å². The molecule has 1 N–H and O–H groups in total. The van der Waals surface area contributed by atoms with Crippen LogP contribution < -0.4 is 0 Å². The van der Waals surface area contributed by atoms with E-state index in [2.05, 4.69) is 15.9 Å². The van der Waals surface area contributed by atoms with Gasteiger partial charge in [0, 0.05) is 6.61 Å². The first-order valence-electron chi connectivity index (χ1n) is 3.40. The third-order valence-corrected chi connectivity index (χ3v) is 2.11. The van der Waals surface area contributed by atoms with Gasteiger partial charge in [-0.25, -0.2) is 8.78 Å². The van der Waals surface area contributed by atoms with E-state index in [-0.39, 0.29) is 23.1 Å². The van der Waals surface area contributed by atoms with E-state index in [9.17, 15) is 8.78 Å². The molecule has 0 radical (unpaired) electrons. The van der Waals surface area contributed by atoms with Crippen LogP contribution in [0.4, 0.5) is 8.78 Å². The number of halogens is 3. The molecule has 0 spiro atoms. The van der Waals surface area contributed by atoms with Crippen LogP contribution in [-0.4, -0.2) is 11.7 Å². The number of aliphatic hydroxyl groups is 1. The Balaban J connectivity index is 3.08. The summed E-state index contributed by atoms with van der Waals surface area (Å²) in [5.74, 6) is -1.79. The molecule has 0 unspecified atom stereocenters. The Kier molecular flexibility index (Phi) is 3.17. The maximum absolute atomic E-state index is 12.9. The van der Waals surface area contributed by atoms with Gasteiger partial charge in [-0.05, 0) is 34.0 Å². The summed E-state index contributed by atoms with van der Waals surface area (Å²) >= 11 is 2.85. The highest BCUT2D eigenvalue weighted by Gasteiger charge is 2.10. The largest absolute Gasteiger partial charge is 0.396 e. The van der Waals surface area contributed by atoms with Gasteiger partial charge < -0.3 is 5.11 Å². The molecule has 4 heteroatoms. The van der Waals surface area contributed by atoms with Crippen molar-refractivity contribution in [2.75, 3.05) is 6.61 Å². The van der Waals surface area contributed by atoms with Crippen molar-refractivity contribution < 1.29 is 13.9 Å². The molecule has 0 bridgehead atoms. The molecule has 0 aromatic heterocycles. The Bertz CT molecular complexity index is 289. The minimum Gasteiger partial charge on any atom is -0.396 e. The molecular weight excluding hydrogens is 230 g/mol. The number of benzene rings is 1. The number of hydrogen-bond acceptors (Lipinski definition) is 1. The predicted molar refractivity (Wildman–Crippen MR) is 44.8 cm³/mol. The maximum Gasteiger partial charge on any atom is 0.173 e. The van der Waals surface area contributed by atoms with Crippen LogP contribution in [0.1, 0.15) is 5.56 Å². The summed E-state index contributed by atoms with van der Waals surface area (Å²) in [7, 11) is 0. The van der Waals surface area contributed by atoms with Crippen molar-refractivity contribution in [2.24, 2.45) is 0 Å². The van der Waals surface area contributed by atoms with E-state index in [0.29, 0.717) is 0 Å². The van der Waals surface area contributed by atoms with Gasteiger partial charge in [0.15, 0.2) is 11.6 Å². The van der Waals surface area contributed by atoms with Crippen molar-refractivity contribution in [3.8, 4) is 0 Å². The molecule has 1 rings (SSSR count). The monoisotopic (exact) mass is 236 g/mol. The van der Waals surface area contributed by atoms with E-state index in [1.54, 1.807) is 0 Å². The summed E-state index contributed by atoms with van der Waals surface area (Å²) in [6, 6.07) is 2.86. The zero-order chi connectivity index (χ0) is 9.14. The zero-order valence-electron chi connectivity index (χ0n) is 6.15. The highest BCUT2D eigenvalue weighted by atomic mass is 79.9. The van der Waals surface area contributed by atoms with Crippen molar-refractivity contribution in [1.82, 2.24) is 0 Å². The topological polar surface area (TPSA) is 20.2 Å². The minimum absolute atomic E-state index is 0.0988. The van der Waals surface area contributed by atoms with E-state index in [1.807, 2.05) is 0 Å². The van der Waals surface area contributed by atoms with Gasteiger partial charge in [0.2, 0.25) is 0 Å². The quantitative estimate of drug-likeness (QED) is 0.782. The smallest absolute Gasteiger partial charge is 0.173 e. The van der Waals surface area contributed by atoms with Crippen LogP contribution in [0.25, 0.3) is 0 Å². The van der Waals surface area contributed by atoms with Crippen molar-refractivity contribution in [3.05, 3.63) is 33.8 Å². The van der Waals surface area contributed by atoms with E-state index in [0.717, 1.165) is 0 Å². The van der Waals surface area contributed by atoms with Gasteiger partial charge in [-0.2, -0.15) is 0 Å². The summed E-state index contributed by atoms with van der Waals surface area (Å²) in [4.78, 5) is 0. The van der Waals surface area contributed by atoms with Gasteiger partial charge in [0.05, 0.1) is 4.47 Å². The van der Waals surface area contributed by atoms with Crippen molar-refractivity contribution >= 4 is 15.9 Å². The normalized spacial score (nSPS) is 10.3. The molecule has 0 saturated carbocycles. The lowest BCUT2D eigenvalue weighted by Crippen LogP contribution is -1.98. The van der Waals surface area contributed by atoms with Crippen molar-refractivity contribution in [1.29, 1.82) is 0 Å². The van der Waals surface area contributed by atoms with Crippen LogP contribution in [0.3, 0.4) is 0 Å². The molecule has 12 heavy (non-hydrogen) atoms. The van der Waals surface area contributed by atoms with Gasteiger partial charge in [0.25, 0.3) is 0 Å². The summed E-state index contributed by atoms with van der Waals surface area (Å²) in [6.07, 6.45) is 0.135. The number of rotatable bonds is 2. The Morgan fingerprint density at radius 2 is 1.92 bits per heavy atom. The second-order valence-electron chi connectivity index (χ2n) is 2.31. The van der Waals surface area contributed by atoms with E-state index < -0.39 is 11.6 Å². The molecule has 0 aliphatic rings. The molecule has 0 heterocycles. The molecule has 1 aromatic carbocycles. The molecule has 1 aromatic rings. The lowest BCUT2D eigenvalue weighted by molar-refractivity contribution is 0.297. The van der Waals surface area contributed by atoms with Crippen molar-refractivity contribution in [2.45, 2.75) is 6.42 Å². The molecule has 0 amide bonds. The highest BCUT2D eigenvalue weighted by Crippen LogP contribution is 2.20. The Morgan fingerprint density at radius 1 is 1.25 bits per heavy atom. The van der Waals surface area contributed by atoms with Crippen LogP contribution in [0.2, 0.25) is 0 Å². The molecule has 0 aliphatic heterocycles. The second kappa shape index (κ2) is 3.96. The van der Waals surface area contributed by atoms with Gasteiger partial charge in [-0.1, -0.05) is 6.07 Å². The van der Waals surface area contributed by atoms with Crippen LogP contribution in [0.15, 0.2) is 16.6 Å². The first kappa shape index (κ1) is 9.61. The van der Waals surface area contributed by atoms with E-state index >= 15 is 0 Å². The SMILES string of the molecule is OCCc1ccc(Br)c(F)c1F. The molecule has 0 aliphatic carbocycles.